The van der Waals surface area contributed by atoms with Crippen LogP contribution in [-0.2, 0) is 12.0 Å². The monoisotopic (exact) mass is 498 g/mol. The van der Waals surface area contributed by atoms with Crippen molar-refractivity contribution < 1.29 is 14.0 Å². The Balaban J connectivity index is 1.15. The number of aromatic nitrogens is 6. The van der Waals surface area contributed by atoms with Crippen molar-refractivity contribution in [2.45, 2.75) is 44.2 Å². The molecule has 6 rings (SSSR count). The Hall–Kier alpha value is -4.54. The maximum Gasteiger partial charge on any atom is 0.270 e. The Morgan fingerprint density at radius 1 is 1.08 bits per heavy atom. The van der Waals surface area contributed by atoms with E-state index in [4.69, 9.17) is 0 Å². The van der Waals surface area contributed by atoms with E-state index in [0.717, 1.165) is 36.0 Å². The van der Waals surface area contributed by atoms with Crippen LogP contribution in [0, 0.1) is 12.7 Å². The van der Waals surface area contributed by atoms with Crippen LogP contribution < -0.4 is 10.6 Å². The van der Waals surface area contributed by atoms with E-state index >= 15 is 0 Å². The molecule has 0 saturated heterocycles. The van der Waals surface area contributed by atoms with Crippen molar-refractivity contribution in [2.24, 2.45) is 0 Å². The molecule has 11 heteroatoms. The molecule has 2 aromatic carbocycles. The molecular weight excluding hydrogens is 475 g/mol. The van der Waals surface area contributed by atoms with Crippen LogP contribution in [-0.4, -0.2) is 42.4 Å². The fourth-order valence-corrected chi connectivity index (χ4v) is 5.03. The molecule has 37 heavy (non-hydrogen) atoms. The zero-order chi connectivity index (χ0) is 25.6. The lowest BCUT2D eigenvalue weighted by atomic mass is 9.96. The first kappa shape index (κ1) is 22.9. The van der Waals surface area contributed by atoms with E-state index in [-0.39, 0.29) is 41.1 Å². The number of nitrogens with one attached hydrogen (secondary N) is 3. The van der Waals surface area contributed by atoms with E-state index in [9.17, 15) is 14.0 Å². The highest BCUT2D eigenvalue weighted by Gasteiger charge is 2.52. The molecule has 0 radical (unpaired) electrons. The van der Waals surface area contributed by atoms with Gasteiger partial charge in [-0.25, -0.2) is 14.4 Å². The number of benzene rings is 2. The normalized spacial score (nSPS) is 16.9. The third-order valence-electron chi connectivity index (χ3n) is 7.17. The van der Waals surface area contributed by atoms with Gasteiger partial charge < -0.3 is 10.6 Å². The van der Waals surface area contributed by atoms with E-state index in [1.807, 2.05) is 12.1 Å². The van der Waals surface area contributed by atoms with Gasteiger partial charge in [0, 0.05) is 18.2 Å². The minimum atomic E-state index is -0.449. The van der Waals surface area contributed by atoms with Gasteiger partial charge in [0.25, 0.3) is 11.8 Å². The molecule has 1 atom stereocenters. The van der Waals surface area contributed by atoms with Gasteiger partial charge in [0.05, 0.1) is 6.04 Å². The van der Waals surface area contributed by atoms with Crippen LogP contribution in [0.1, 0.15) is 68.5 Å². The lowest BCUT2D eigenvalue weighted by Gasteiger charge is -2.14. The van der Waals surface area contributed by atoms with Crippen molar-refractivity contribution in [3.05, 3.63) is 88.3 Å². The standard InChI is InChI=1S/C26H23FN8O2/c1-14-8-15(2-5-19(14)27)12-28-24(36)20-10-21(30-13-29-20)25(37)31-22-11-26(6-7-26)18-9-16(3-4-17(18)22)23-32-34-35-33-23/h2-5,8-10,13,22H,6-7,11-12H2,1H3,(H,28,36)(H,31,37)(H,32,33,34,35). The van der Waals surface area contributed by atoms with Gasteiger partial charge in [-0.1, -0.05) is 24.3 Å². The van der Waals surface area contributed by atoms with Gasteiger partial charge in [-0.05, 0) is 71.2 Å². The number of aryl methyl sites for hydroxylation is 1. The number of nitrogens with zero attached hydrogens (tertiary/aromatic N) is 5. The first-order valence-corrected chi connectivity index (χ1v) is 12.0. The Kier molecular flexibility index (Phi) is 5.47. The number of amides is 2. The van der Waals surface area contributed by atoms with Gasteiger partial charge in [0.2, 0.25) is 5.82 Å². The fraction of sp³-hybridized carbons (Fsp3) is 0.269. The van der Waals surface area contributed by atoms with Gasteiger partial charge in [0.15, 0.2) is 0 Å². The molecular formula is C26H23FN8O2. The Bertz CT molecular complexity index is 1520. The van der Waals surface area contributed by atoms with Crippen LogP contribution in [0.4, 0.5) is 4.39 Å². The first-order valence-electron chi connectivity index (χ1n) is 12.0. The maximum absolute atomic E-state index is 13.5. The van der Waals surface area contributed by atoms with Crippen LogP contribution in [0.25, 0.3) is 11.4 Å². The van der Waals surface area contributed by atoms with Gasteiger partial charge in [-0.2, -0.15) is 5.21 Å². The second-order valence-corrected chi connectivity index (χ2v) is 9.60. The van der Waals surface area contributed by atoms with Crippen molar-refractivity contribution in [3.8, 4) is 11.4 Å². The van der Waals surface area contributed by atoms with E-state index in [1.54, 1.807) is 19.1 Å². The molecule has 2 aliphatic carbocycles. The van der Waals surface area contributed by atoms with Crippen LogP contribution in [0.5, 0.6) is 0 Å². The second kappa shape index (κ2) is 8.84. The molecule has 10 nitrogen and oxygen atoms in total. The number of H-pyrrole nitrogens is 1. The predicted molar refractivity (Wildman–Crippen MR) is 130 cm³/mol. The quantitative estimate of drug-likeness (QED) is 0.371. The zero-order valence-corrected chi connectivity index (χ0v) is 20.0. The number of rotatable bonds is 6. The highest BCUT2D eigenvalue weighted by atomic mass is 19.1. The van der Waals surface area contributed by atoms with E-state index < -0.39 is 5.91 Å². The summed E-state index contributed by atoms with van der Waals surface area (Å²) in [6.45, 7) is 1.87. The van der Waals surface area contributed by atoms with E-state index in [1.165, 1.54) is 24.0 Å². The predicted octanol–water partition coefficient (Wildman–Crippen LogP) is 2.94. The smallest absolute Gasteiger partial charge is 0.270 e. The summed E-state index contributed by atoms with van der Waals surface area (Å²) >= 11 is 0. The summed E-state index contributed by atoms with van der Waals surface area (Å²) < 4.78 is 13.5. The Morgan fingerprint density at radius 3 is 2.62 bits per heavy atom. The van der Waals surface area contributed by atoms with Gasteiger partial charge >= 0.3 is 0 Å². The van der Waals surface area contributed by atoms with Crippen molar-refractivity contribution in [3.63, 3.8) is 0 Å². The zero-order valence-electron chi connectivity index (χ0n) is 20.0. The molecule has 2 amide bonds. The Labute approximate surface area is 211 Å². The average molecular weight is 499 g/mol. The third kappa shape index (κ3) is 4.32. The van der Waals surface area contributed by atoms with E-state index in [2.05, 4.69) is 47.3 Å². The number of tetrazole rings is 1. The van der Waals surface area contributed by atoms with Gasteiger partial charge in [-0.15, -0.1) is 10.2 Å². The largest absolute Gasteiger partial charge is 0.347 e. The fourth-order valence-electron chi connectivity index (χ4n) is 5.03. The molecule has 1 saturated carbocycles. The molecule has 0 aliphatic heterocycles. The highest BCUT2D eigenvalue weighted by molar-refractivity contribution is 5.97. The summed E-state index contributed by atoms with van der Waals surface area (Å²) in [6, 6.07) is 11.9. The molecule has 2 aromatic heterocycles. The van der Waals surface area contributed by atoms with Crippen molar-refractivity contribution in [2.75, 3.05) is 0 Å². The minimum absolute atomic E-state index is 0.0580. The number of aromatic amines is 1. The Morgan fingerprint density at radius 2 is 1.89 bits per heavy atom. The molecule has 1 spiro atoms. The molecule has 1 unspecified atom stereocenters. The number of carbonyl (C=O) groups is 2. The number of halogens is 1. The molecule has 186 valence electrons. The number of hydrogen-bond acceptors (Lipinski definition) is 7. The summed E-state index contributed by atoms with van der Waals surface area (Å²) in [7, 11) is 0. The third-order valence-corrected chi connectivity index (χ3v) is 7.17. The highest BCUT2D eigenvalue weighted by Crippen LogP contribution is 2.60. The minimum Gasteiger partial charge on any atom is -0.347 e. The van der Waals surface area contributed by atoms with Gasteiger partial charge in [0.1, 0.15) is 23.5 Å². The summed E-state index contributed by atoms with van der Waals surface area (Å²) in [5.41, 5.74) is 4.67. The summed E-state index contributed by atoms with van der Waals surface area (Å²) in [5.74, 6) is -0.587. The topological polar surface area (TPSA) is 138 Å². The lowest BCUT2D eigenvalue weighted by molar-refractivity contribution is 0.0930. The lowest BCUT2D eigenvalue weighted by Crippen LogP contribution is -2.29. The molecule has 2 aliphatic rings. The number of carbonyl (C=O) groups excluding carboxylic acids is 2. The molecule has 3 N–H and O–H groups in total. The maximum atomic E-state index is 13.5. The SMILES string of the molecule is Cc1cc(CNC(=O)c2cc(C(=O)NC3CC4(CC4)c4cc(-c5nn[nH]n5)ccc43)ncn2)ccc1F. The summed E-state index contributed by atoms with van der Waals surface area (Å²) in [6.07, 6.45) is 4.13. The van der Waals surface area contributed by atoms with Crippen molar-refractivity contribution in [1.29, 1.82) is 0 Å². The molecule has 1 fully saturated rings. The van der Waals surface area contributed by atoms with Crippen LogP contribution in [0.3, 0.4) is 0 Å². The van der Waals surface area contributed by atoms with Crippen LogP contribution in [0.2, 0.25) is 0 Å². The van der Waals surface area contributed by atoms with Gasteiger partial charge in [-0.3, -0.25) is 9.59 Å². The average Bonchev–Trinajstić information content (AvgIpc) is 3.35. The number of hydrogen-bond donors (Lipinski definition) is 3. The summed E-state index contributed by atoms with van der Waals surface area (Å²) in [5, 5.41) is 20.1. The molecule has 0 bridgehead atoms. The van der Waals surface area contributed by atoms with E-state index in [0.29, 0.717) is 11.4 Å². The first-order chi connectivity index (χ1) is 17.9. The number of fused-ring (bicyclic) bond motifs is 2. The van der Waals surface area contributed by atoms with Crippen molar-refractivity contribution in [1.82, 2.24) is 41.2 Å². The summed E-state index contributed by atoms with van der Waals surface area (Å²) in [4.78, 5) is 33.9. The molecule has 4 aromatic rings. The van der Waals surface area contributed by atoms with Crippen molar-refractivity contribution >= 4 is 11.8 Å². The van der Waals surface area contributed by atoms with Crippen LogP contribution >= 0.6 is 0 Å². The van der Waals surface area contributed by atoms with Crippen LogP contribution in [0.15, 0.2) is 48.8 Å². The molecule has 2 heterocycles. The second-order valence-electron chi connectivity index (χ2n) is 9.60.